The van der Waals surface area contributed by atoms with Gasteiger partial charge in [0.05, 0.1) is 38.6 Å². The Morgan fingerprint density at radius 1 is 0.704 bits per heavy atom. The van der Waals surface area contributed by atoms with Gasteiger partial charge in [-0.15, -0.1) is 0 Å². The van der Waals surface area contributed by atoms with Gasteiger partial charge in [-0.1, -0.05) is 0 Å². The number of rotatable bonds is 14. The molecular weight excluding hydrogens is 422 g/mol. The fraction of sp³-hybridized carbons (Fsp3) is 0.882. The summed E-state index contributed by atoms with van der Waals surface area (Å²) in [4.78, 5) is 0. The van der Waals surface area contributed by atoms with Gasteiger partial charge >= 0.3 is 0 Å². The average Bonchev–Trinajstić information content (AvgIpc) is 2.61. The summed E-state index contributed by atoms with van der Waals surface area (Å²) in [6, 6.07) is 4.63. The zero-order valence-corrected chi connectivity index (χ0v) is 20.6. The van der Waals surface area contributed by atoms with Crippen LogP contribution in [-0.4, -0.2) is 36.7 Å². The SMILES string of the molecule is CCOP(=S)(OCC)C(C)(C#N)CCCC(C)(C#N)P(=S)(OCC)OCC. The minimum Gasteiger partial charge on any atom is -0.329 e. The highest BCUT2D eigenvalue weighted by Gasteiger charge is 2.46. The van der Waals surface area contributed by atoms with E-state index in [-0.39, 0.29) is 0 Å². The Balaban J connectivity index is 5.48. The molecule has 0 bridgehead atoms. The Kier molecular flexibility index (Phi) is 12.0. The normalized spacial score (nSPS) is 16.7. The quantitative estimate of drug-likeness (QED) is 0.319. The van der Waals surface area contributed by atoms with Crippen molar-refractivity contribution in [3.63, 3.8) is 0 Å². The van der Waals surface area contributed by atoms with E-state index < -0.39 is 23.3 Å². The molecule has 0 aliphatic carbocycles. The second kappa shape index (κ2) is 12.0. The maximum absolute atomic E-state index is 9.81. The lowest BCUT2D eigenvalue weighted by Crippen LogP contribution is -2.29. The van der Waals surface area contributed by atoms with Gasteiger partial charge < -0.3 is 18.1 Å². The van der Waals surface area contributed by atoms with Crippen LogP contribution in [0.1, 0.15) is 60.8 Å². The molecule has 0 radical (unpaired) electrons. The zero-order valence-electron chi connectivity index (χ0n) is 17.2. The second-order valence-electron chi connectivity index (χ2n) is 6.29. The van der Waals surface area contributed by atoms with E-state index >= 15 is 0 Å². The van der Waals surface area contributed by atoms with Crippen molar-refractivity contribution in [1.29, 1.82) is 10.5 Å². The molecular formula is C17H32N2O4P2S2. The minimum atomic E-state index is -2.79. The van der Waals surface area contributed by atoms with Gasteiger partial charge in [0.1, 0.15) is 10.3 Å². The largest absolute Gasteiger partial charge is 0.329 e. The van der Waals surface area contributed by atoms with Crippen LogP contribution in [0.2, 0.25) is 0 Å². The van der Waals surface area contributed by atoms with E-state index in [0.717, 1.165) is 0 Å². The van der Waals surface area contributed by atoms with Gasteiger partial charge in [0.25, 0.3) is 0 Å². The molecule has 2 atom stereocenters. The van der Waals surface area contributed by atoms with Crippen LogP contribution in [0, 0.1) is 22.7 Å². The molecule has 10 heteroatoms. The summed E-state index contributed by atoms with van der Waals surface area (Å²) in [7, 11) is 0. The van der Waals surface area contributed by atoms with Crippen LogP contribution in [0.3, 0.4) is 0 Å². The monoisotopic (exact) mass is 454 g/mol. The van der Waals surface area contributed by atoms with Gasteiger partial charge in [-0.2, -0.15) is 10.5 Å². The van der Waals surface area contributed by atoms with Gasteiger partial charge in [-0.25, -0.2) is 0 Å². The van der Waals surface area contributed by atoms with Crippen molar-refractivity contribution >= 4 is 36.6 Å². The van der Waals surface area contributed by atoms with Crippen LogP contribution in [-0.2, 0) is 41.7 Å². The fourth-order valence-electron chi connectivity index (χ4n) is 2.61. The van der Waals surface area contributed by atoms with Gasteiger partial charge in [-0.05, 0) is 84.4 Å². The summed E-state index contributed by atoms with van der Waals surface area (Å²) < 4.78 is 22.9. The van der Waals surface area contributed by atoms with Crippen LogP contribution >= 0.6 is 13.0 Å². The van der Waals surface area contributed by atoms with E-state index in [2.05, 4.69) is 12.1 Å². The van der Waals surface area contributed by atoms with Crippen molar-refractivity contribution in [2.45, 2.75) is 71.1 Å². The van der Waals surface area contributed by atoms with E-state index in [4.69, 9.17) is 41.7 Å². The third-order valence-electron chi connectivity index (χ3n) is 4.21. The maximum Gasteiger partial charge on any atom is 0.208 e. The molecule has 0 aromatic heterocycles. The first-order chi connectivity index (χ1) is 12.6. The first-order valence-electron chi connectivity index (χ1n) is 9.18. The molecule has 0 aliphatic rings. The molecule has 6 nitrogen and oxygen atoms in total. The van der Waals surface area contributed by atoms with Crippen LogP contribution in [0.4, 0.5) is 0 Å². The summed E-state index contributed by atoms with van der Waals surface area (Å²) in [6.07, 6.45) is 1.46. The van der Waals surface area contributed by atoms with Gasteiger partial charge in [0.2, 0.25) is 13.0 Å². The number of nitriles is 2. The maximum atomic E-state index is 9.81. The van der Waals surface area contributed by atoms with E-state index in [0.29, 0.717) is 45.7 Å². The van der Waals surface area contributed by atoms with Crippen molar-refractivity contribution < 1.29 is 18.1 Å². The zero-order chi connectivity index (χ0) is 21.2. The van der Waals surface area contributed by atoms with Crippen molar-refractivity contribution in [3.05, 3.63) is 0 Å². The molecule has 0 aliphatic heterocycles. The molecule has 0 rings (SSSR count). The Hall–Kier alpha value is 0.120. The Bertz CT molecular complexity index is 576. The highest BCUT2D eigenvalue weighted by Crippen LogP contribution is 2.64. The van der Waals surface area contributed by atoms with Gasteiger partial charge in [0, 0.05) is 0 Å². The Morgan fingerprint density at radius 3 is 1.15 bits per heavy atom. The number of nitrogens with zero attached hydrogens (tertiary/aromatic N) is 2. The lowest BCUT2D eigenvalue weighted by molar-refractivity contribution is 0.247. The van der Waals surface area contributed by atoms with E-state index in [1.165, 1.54) is 0 Å². The van der Waals surface area contributed by atoms with Gasteiger partial charge in [-0.3, -0.25) is 0 Å². The molecule has 0 spiro atoms. The Morgan fingerprint density at radius 2 is 0.963 bits per heavy atom. The van der Waals surface area contributed by atoms with E-state index in [1.54, 1.807) is 13.8 Å². The molecule has 27 heavy (non-hydrogen) atoms. The smallest absolute Gasteiger partial charge is 0.208 e. The molecule has 0 N–H and O–H groups in total. The van der Waals surface area contributed by atoms with E-state index in [1.807, 2.05) is 27.7 Å². The predicted octanol–water partition coefficient (Wildman–Crippen LogP) is 5.49. The minimum absolute atomic E-state index is 0.389. The highest BCUT2D eigenvalue weighted by atomic mass is 32.5. The Labute approximate surface area is 174 Å². The first-order valence-corrected chi connectivity index (χ1v) is 14.5. The summed E-state index contributed by atoms with van der Waals surface area (Å²) in [5.41, 5.74) is 0. The first kappa shape index (κ1) is 27.1. The van der Waals surface area contributed by atoms with Crippen LogP contribution < -0.4 is 0 Å². The van der Waals surface area contributed by atoms with Crippen molar-refractivity contribution in [2.24, 2.45) is 0 Å². The molecule has 156 valence electrons. The lowest BCUT2D eigenvalue weighted by Gasteiger charge is -2.36. The summed E-state index contributed by atoms with van der Waals surface area (Å²) in [6.45, 7) is 6.90. The molecule has 0 saturated heterocycles. The second-order valence-corrected chi connectivity index (χ2v) is 14.2. The third kappa shape index (κ3) is 6.56. The third-order valence-corrected chi connectivity index (χ3v) is 13.4. The predicted molar refractivity (Wildman–Crippen MR) is 117 cm³/mol. The molecule has 2 unspecified atom stereocenters. The van der Waals surface area contributed by atoms with Crippen molar-refractivity contribution in [1.82, 2.24) is 0 Å². The van der Waals surface area contributed by atoms with Gasteiger partial charge in [0.15, 0.2) is 0 Å². The molecule has 0 amide bonds. The topological polar surface area (TPSA) is 84.5 Å². The van der Waals surface area contributed by atoms with E-state index in [9.17, 15) is 10.5 Å². The highest BCUT2D eigenvalue weighted by molar-refractivity contribution is 8.11. The van der Waals surface area contributed by atoms with Crippen LogP contribution in [0.15, 0.2) is 0 Å². The van der Waals surface area contributed by atoms with Crippen LogP contribution in [0.5, 0.6) is 0 Å². The number of hydrogen-bond donors (Lipinski definition) is 0. The van der Waals surface area contributed by atoms with Crippen LogP contribution in [0.25, 0.3) is 0 Å². The molecule has 0 saturated carbocycles. The molecule has 0 aromatic rings. The lowest BCUT2D eigenvalue weighted by atomic mass is 9.99. The summed E-state index contributed by atoms with van der Waals surface area (Å²) in [5.74, 6) is 0. The fourth-order valence-corrected chi connectivity index (χ4v) is 8.42. The molecule has 0 fully saturated rings. The molecule has 0 aromatic carbocycles. The average molecular weight is 455 g/mol. The molecule has 0 heterocycles. The number of hydrogen-bond acceptors (Lipinski definition) is 8. The summed E-state index contributed by atoms with van der Waals surface area (Å²) in [5, 5.41) is 17.7. The summed E-state index contributed by atoms with van der Waals surface area (Å²) >= 11 is 11.3. The standard InChI is InChI=1S/C17H32N2O4P2S2/c1-7-20-24(26,21-8-2)16(5,14-18)12-11-13-17(6,15-19)25(27,22-9-3)23-10-4/h7-13H2,1-6H3. The van der Waals surface area contributed by atoms with Crippen molar-refractivity contribution in [3.8, 4) is 12.1 Å². The van der Waals surface area contributed by atoms with Crippen molar-refractivity contribution in [2.75, 3.05) is 26.4 Å².